The Morgan fingerprint density at radius 3 is 2.62 bits per heavy atom. The molecule has 21 heavy (non-hydrogen) atoms. The van der Waals surface area contributed by atoms with Gasteiger partial charge in [0.2, 0.25) is 0 Å². The average Bonchev–Trinajstić information content (AvgIpc) is 3.09. The Bertz CT molecular complexity index is 767. The molecule has 6 heteroatoms. The molecule has 3 aromatic rings. The van der Waals surface area contributed by atoms with Crippen molar-refractivity contribution in [2.24, 2.45) is 0 Å². The lowest BCUT2D eigenvalue weighted by Crippen LogP contribution is -2.25. The quantitative estimate of drug-likeness (QED) is 0.672. The highest BCUT2D eigenvalue weighted by Gasteiger charge is 2.25. The summed E-state index contributed by atoms with van der Waals surface area (Å²) in [5, 5.41) is 2.56. The van der Waals surface area contributed by atoms with Gasteiger partial charge in [-0.25, -0.2) is 4.98 Å². The van der Waals surface area contributed by atoms with Crippen LogP contribution < -0.4 is 4.90 Å². The molecule has 2 heterocycles. The van der Waals surface area contributed by atoms with Crippen molar-refractivity contribution in [2.75, 3.05) is 4.90 Å². The van der Waals surface area contributed by atoms with Crippen molar-refractivity contribution < 1.29 is 9.21 Å². The van der Waals surface area contributed by atoms with Crippen molar-refractivity contribution in [3.63, 3.8) is 0 Å². The van der Waals surface area contributed by atoms with E-state index in [1.54, 1.807) is 11.0 Å². The second-order valence-electron chi connectivity index (χ2n) is 4.36. The highest BCUT2D eigenvalue weighted by Crippen LogP contribution is 2.31. The van der Waals surface area contributed by atoms with Gasteiger partial charge < -0.3 is 4.42 Å². The van der Waals surface area contributed by atoms with Crippen molar-refractivity contribution in [3.8, 4) is 0 Å². The Morgan fingerprint density at radius 2 is 2.05 bits per heavy atom. The molecule has 0 aliphatic heterocycles. The zero-order chi connectivity index (χ0) is 14.8. The van der Waals surface area contributed by atoms with Crippen LogP contribution in [0.15, 0.2) is 57.1 Å². The first-order valence-corrected chi connectivity index (χ1v) is 7.88. The molecule has 3 rings (SSSR count). The summed E-state index contributed by atoms with van der Waals surface area (Å²) >= 11 is 4.69. The molecule has 0 saturated carbocycles. The Kier molecular flexibility index (Phi) is 3.90. The van der Waals surface area contributed by atoms with Gasteiger partial charge in [0.1, 0.15) is 0 Å². The number of nitrogens with zero attached hydrogens (tertiary/aromatic N) is 2. The van der Waals surface area contributed by atoms with E-state index < -0.39 is 0 Å². The molecular weight excluding hydrogens is 352 g/mol. The van der Waals surface area contributed by atoms with E-state index in [0.717, 1.165) is 11.4 Å². The smallest absolute Gasteiger partial charge is 0.269 e. The van der Waals surface area contributed by atoms with Gasteiger partial charge in [0.15, 0.2) is 9.80 Å². The van der Waals surface area contributed by atoms with Crippen molar-refractivity contribution in [3.05, 3.63) is 64.0 Å². The maximum Gasteiger partial charge on any atom is 0.269 e. The number of carbonyl (C=O) groups excluding carboxylic acids is 1. The number of furan rings is 1. The number of amides is 1. The Balaban J connectivity index is 2.09. The molecule has 0 bridgehead atoms. The van der Waals surface area contributed by atoms with Gasteiger partial charge in [-0.2, -0.15) is 0 Å². The summed E-state index contributed by atoms with van der Waals surface area (Å²) in [7, 11) is 0. The zero-order valence-corrected chi connectivity index (χ0v) is 13.5. The van der Waals surface area contributed by atoms with Gasteiger partial charge in [0.25, 0.3) is 5.91 Å². The second kappa shape index (κ2) is 5.83. The van der Waals surface area contributed by atoms with Crippen LogP contribution in [0.2, 0.25) is 0 Å². The number of rotatable bonds is 3. The van der Waals surface area contributed by atoms with Crippen LogP contribution in [0.1, 0.15) is 16.1 Å². The molecule has 1 amide bonds. The number of hydrogen-bond acceptors (Lipinski definition) is 4. The molecule has 0 fully saturated rings. The Labute approximate surface area is 134 Å². The summed E-state index contributed by atoms with van der Waals surface area (Å²) in [6.45, 7) is 1.90. The second-order valence-corrected chi connectivity index (χ2v) is 5.91. The van der Waals surface area contributed by atoms with Crippen molar-refractivity contribution >= 4 is 44.0 Å². The van der Waals surface area contributed by atoms with Gasteiger partial charge in [-0.05, 0) is 41.1 Å². The van der Waals surface area contributed by atoms with E-state index in [-0.39, 0.29) is 5.91 Å². The van der Waals surface area contributed by atoms with Crippen LogP contribution >= 0.6 is 27.3 Å². The summed E-state index contributed by atoms with van der Waals surface area (Å²) in [6.07, 6.45) is 1.48. The van der Waals surface area contributed by atoms with Crippen LogP contribution in [0.25, 0.3) is 0 Å². The molecule has 2 aromatic heterocycles. The SMILES string of the molecule is Cc1csc(N(C(=O)c2ccoc2Br)c2ccccc2)n1. The molecule has 0 aliphatic rings. The van der Waals surface area contributed by atoms with Crippen molar-refractivity contribution in [1.29, 1.82) is 0 Å². The molecule has 0 aliphatic carbocycles. The molecule has 0 radical (unpaired) electrons. The summed E-state index contributed by atoms with van der Waals surface area (Å²) in [5.41, 5.74) is 2.12. The molecule has 0 atom stereocenters. The van der Waals surface area contributed by atoms with E-state index in [4.69, 9.17) is 4.42 Å². The number of aromatic nitrogens is 1. The van der Waals surface area contributed by atoms with Crippen LogP contribution in [-0.4, -0.2) is 10.9 Å². The van der Waals surface area contributed by atoms with E-state index in [1.807, 2.05) is 42.6 Å². The minimum absolute atomic E-state index is 0.184. The maximum atomic E-state index is 12.8. The summed E-state index contributed by atoms with van der Waals surface area (Å²) in [5.74, 6) is -0.184. The normalized spacial score (nSPS) is 10.6. The third kappa shape index (κ3) is 2.77. The third-order valence-corrected chi connectivity index (χ3v) is 4.42. The van der Waals surface area contributed by atoms with Gasteiger partial charge in [-0.1, -0.05) is 18.2 Å². The lowest BCUT2D eigenvalue weighted by molar-refractivity contribution is 0.0997. The molecule has 1 aromatic carbocycles. The number of aryl methyl sites for hydroxylation is 1. The van der Waals surface area contributed by atoms with Gasteiger partial charge in [-0.3, -0.25) is 9.69 Å². The fourth-order valence-electron chi connectivity index (χ4n) is 1.90. The largest absolute Gasteiger partial charge is 0.457 e. The first-order valence-electron chi connectivity index (χ1n) is 6.21. The predicted molar refractivity (Wildman–Crippen MR) is 86.2 cm³/mol. The maximum absolute atomic E-state index is 12.8. The first-order chi connectivity index (χ1) is 10.2. The number of benzene rings is 1. The predicted octanol–water partition coefficient (Wildman–Crippen LogP) is 4.79. The van der Waals surface area contributed by atoms with Crippen LogP contribution in [0.3, 0.4) is 0 Å². The van der Waals surface area contributed by atoms with Gasteiger partial charge in [0, 0.05) is 5.38 Å². The monoisotopic (exact) mass is 362 g/mol. The van der Waals surface area contributed by atoms with Gasteiger partial charge in [-0.15, -0.1) is 11.3 Å². The molecule has 0 saturated heterocycles. The Hall–Kier alpha value is -1.92. The molecule has 0 spiro atoms. The minimum Gasteiger partial charge on any atom is -0.457 e. The van der Waals surface area contributed by atoms with Crippen LogP contribution in [0, 0.1) is 6.92 Å². The number of halogens is 1. The summed E-state index contributed by atoms with van der Waals surface area (Å²) in [4.78, 5) is 18.9. The van der Waals surface area contributed by atoms with Gasteiger partial charge >= 0.3 is 0 Å². The first kappa shape index (κ1) is 14.0. The standard InChI is InChI=1S/C15H11BrN2O2S/c1-10-9-21-15(17-10)18(11-5-3-2-4-6-11)14(19)12-7-8-20-13(12)16/h2-9H,1H3. The van der Waals surface area contributed by atoms with Crippen LogP contribution in [0.5, 0.6) is 0 Å². The average molecular weight is 363 g/mol. The molecule has 4 nitrogen and oxygen atoms in total. The Morgan fingerprint density at radius 1 is 1.29 bits per heavy atom. The summed E-state index contributed by atoms with van der Waals surface area (Å²) in [6, 6.07) is 11.1. The number of carbonyl (C=O) groups is 1. The van der Waals surface area contributed by atoms with Crippen molar-refractivity contribution in [2.45, 2.75) is 6.92 Å². The highest BCUT2D eigenvalue weighted by molar-refractivity contribution is 9.10. The lowest BCUT2D eigenvalue weighted by Gasteiger charge is -2.19. The van der Waals surface area contributed by atoms with Crippen molar-refractivity contribution in [1.82, 2.24) is 4.98 Å². The highest BCUT2D eigenvalue weighted by atomic mass is 79.9. The lowest BCUT2D eigenvalue weighted by atomic mass is 10.2. The van der Waals surface area contributed by atoms with Crippen LogP contribution in [0.4, 0.5) is 10.8 Å². The summed E-state index contributed by atoms with van der Waals surface area (Å²) < 4.78 is 5.58. The fourth-order valence-corrected chi connectivity index (χ4v) is 3.13. The molecule has 0 N–H and O–H groups in total. The molecule has 0 unspecified atom stereocenters. The van der Waals surface area contributed by atoms with E-state index in [1.165, 1.54) is 17.6 Å². The van der Waals surface area contributed by atoms with E-state index in [9.17, 15) is 4.79 Å². The van der Waals surface area contributed by atoms with Gasteiger partial charge in [0.05, 0.1) is 23.2 Å². The van der Waals surface area contributed by atoms with Crippen LogP contribution in [-0.2, 0) is 0 Å². The topological polar surface area (TPSA) is 46.3 Å². The van der Waals surface area contributed by atoms with E-state index in [0.29, 0.717) is 15.4 Å². The minimum atomic E-state index is -0.184. The third-order valence-electron chi connectivity index (χ3n) is 2.86. The zero-order valence-electron chi connectivity index (χ0n) is 11.1. The molecular formula is C15H11BrN2O2S. The number of anilines is 2. The number of hydrogen-bond donors (Lipinski definition) is 0. The molecule has 106 valence electrons. The van der Waals surface area contributed by atoms with E-state index in [2.05, 4.69) is 20.9 Å². The fraction of sp³-hybridized carbons (Fsp3) is 0.0667. The number of thiazole rings is 1. The van der Waals surface area contributed by atoms with E-state index >= 15 is 0 Å². The number of para-hydroxylation sites is 1.